The van der Waals surface area contributed by atoms with Gasteiger partial charge in [-0.1, -0.05) is 13.0 Å². The van der Waals surface area contributed by atoms with Gasteiger partial charge in [0.2, 0.25) is 5.95 Å². The zero-order valence-electron chi connectivity index (χ0n) is 21.5. The number of aromatic nitrogens is 2. The van der Waals surface area contributed by atoms with Gasteiger partial charge < -0.3 is 14.2 Å². The molecule has 0 radical (unpaired) electrons. The number of amides is 2. The number of nitrogens with one attached hydrogen (secondary N) is 1. The fourth-order valence-electron chi connectivity index (χ4n) is 5.45. The van der Waals surface area contributed by atoms with Crippen LogP contribution in [0.1, 0.15) is 79.5 Å². The highest BCUT2D eigenvalue weighted by Crippen LogP contribution is 2.55. The zero-order chi connectivity index (χ0) is 26.5. The third-order valence-corrected chi connectivity index (χ3v) is 8.34. The van der Waals surface area contributed by atoms with Crippen LogP contribution in [0, 0.1) is 5.41 Å². The number of thiophene rings is 1. The fraction of sp³-hybridized carbons (Fsp3) is 0.519. The predicted molar refractivity (Wildman–Crippen MR) is 139 cm³/mol. The minimum Gasteiger partial charge on any atom is -0.444 e. The highest BCUT2D eigenvalue weighted by Gasteiger charge is 2.51. The van der Waals surface area contributed by atoms with Gasteiger partial charge in [-0.3, -0.25) is 10.1 Å². The average Bonchev–Trinajstić information content (AvgIpc) is 3.53. The van der Waals surface area contributed by atoms with E-state index in [0.717, 1.165) is 53.6 Å². The van der Waals surface area contributed by atoms with E-state index in [1.54, 1.807) is 4.90 Å². The van der Waals surface area contributed by atoms with Gasteiger partial charge in [0.05, 0.1) is 20.8 Å². The number of hydrogen-bond donors (Lipinski definition) is 1. The van der Waals surface area contributed by atoms with Gasteiger partial charge in [-0.05, 0) is 81.7 Å². The molecule has 2 fully saturated rings. The molecule has 1 saturated carbocycles. The summed E-state index contributed by atoms with van der Waals surface area (Å²) >= 11 is 0.789. The van der Waals surface area contributed by atoms with Gasteiger partial charge in [0.25, 0.3) is 12.3 Å². The van der Waals surface area contributed by atoms with Crippen LogP contribution < -0.4 is 5.32 Å². The number of anilines is 1. The lowest BCUT2D eigenvalue weighted by atomic mass is 9.65. The lowest BCUT2D eigenvalue weighted by Crippen LogP contribution is -2.43. The van der Waals surface area contributed by atoms with Crippen molar-refractivity contribution in [2.45, 2.75) is 71.4 Å². The topological polar surface area (TPSA) is 76.5 Å². The molecule has 3 aromatic rings. The fourth-order valence-corrected chi connectivity index (χ4v) is 6.21. The Morgan fingerprint density at radius 3 is 2.65 bits per heavy atom. The van der Waals surface area contributed by atoms with E-state index in [2.05, 4.69) is 22.9 Å². The summed E-state index contributed by atoms with van der Waals surface area (Å²) in [7, 11) is 0. The second-order valence-electron chi connectivity index (χ2n) is 11.2. The molecule has 1 N–H and O–H groups in total. The smallest absolute Gasteiger partial charge is 0.410 e. The molecule has 0 unspecified atom stereocenters. The maximum absolute atomic E-state index is 13.0. The summed E-state index contributed by atoms with van der Waals surface area (Å²) in [5.74, 6) is -0.0303. The summed E-state index contributed by atoms with van der Waals surface area (Å²) < 4.78 is 33.7. The third kappa shape index (κ3) is 5.08. The Kier molecular flexibility index (Phi) is 6.50. The molecule has 37 heavy (non-hydrogen) atoms. The number of halogens is 2. The van der Waals surface area contributed by atoms with Crippen molar-refractivity contribution in [2.24, 2.45) is 5.41 Å². The van der Waals surface area contributed by atoms with Crippen molar-refractivity contribution < 1.29 is 23.1 Å². The number of alkyl halides is 2. The van der Waals surface area contributed by atoms with Gasteiger partial charge in [0.15, 0.2) is 0 Å². The number of carbonyl (C=O) groups is 2. The number of likely N-dealkylation sites (tertiary alicyclic amines) is 1. The largest absolute Gasteiger partial charge is 0.444 e. The van der Waals surface area contributed by atoms with E-state index in [1.807, 2.05) is 32.9 Å². The van der Waals surface area contributed by atoms with E-state index < -0.39 is 17.9 Å². The molecular formula is C27H32F2N4O3S. The average molecular weight is 531 g/mol. The molecule has 2 amide bonds. The molecule has 3 heterocycles. The summed E-state index contributed by atoms with van der Waals surface area (Å²) in [5, 5.41) is 2.88. The van der Waals surface area contributed by atoms with Crippen molar-refractivity contribution in [1.82, 2.24) is 14.5 Å². The van der Waals surface area contributed by atoms with E-state index >= 15 is 0 Å². The van der Waals surface area contributed by atoms with Crippen molar-refractivity contribution in [1.29, 1.82) is 0 Å². The molecule has 1 aliphatic carbocycles. The van der Waals surface area contributed by atoms with Crippen LogP contribution in [0.5, 0.6) is 0 Å². The summed E-state index contributed by atoms with van der Waals surface area (Å²) in [5.41, 5.74) is 2.34. The van der Waals surface area contributed by atoms with E-state index in [4.69, 9.17) is 9.72 Å². The van der Waals surface area contributed by atoms with Gasteiger partial charge >= 0.3 is 6.09 Å². The molecule has 2 aromatic heterocycles. The van der Waals surface area contributed by atoms with Crippen molar-refractivity contribution in [3.63, 3.8) is 0 Å². The summed E-state index contributed by atoms with van der Waals surface area (Å²) in [6, 6.07) is 8.93. The molecule has 0 bridgehead atoms. The second-order valence-corrected chi connectivity index (χ2v) is 12.3. The van der Waals surface area contributed by atoms with Crippen LogP contribution >= 0.6 is 11.3 Å². The molecule has 198 valence electrons. The Hall–Kier alpha value is -3.01. The van der Waals surface area contributed by atoms with Gasteiger partial charge in [-0.25, -0.2) is 18.6 Å². The molecule has 7 nitrogen and oxygen atoms in total. The van der Waals surface area contributed by atoms with E-state index in [1.165, 1.54) is 12.1 Å². The monoisotopic (exact) mass is 530 g/mol. The molecule has 1 aromatic carbocycles. The minimum atomic E-state index is -2.61. The molecule has 2 aliphatic rings. The summed E-state index contributed by atoms with van der Waals surface area (Å²) in [6.45, 7) is 8.99. The van der Waals surface area contributed by atoms with Crippen LogP contribution in [0.15, 0.2) is 30.3 Å². The molecule has 0 atom stereocenters. The van der Waals surface area contributed by atoms with Gasteiger partial charge in [0.1, 0.15) is 5.60 Å². The number of aryl methyl sites for hydroxylation is 1. The molecule has 1 spiro atoms. The normalized spacial score (nSPS) is 21.6. The Labute approximate surface area is 218 Å². The first-order valence-corrected chi connectivity index (χ1v) is 13.5. The quantitative estimate of drug-likeness (QED) is 0.393. The number of imidazole rings is 1. The first kappa shape index (κ1) is 25.6. The first-order valence-electron chi connectivity index (χ1n) is 12.6. The number of rotatable bonds is 5. The van der Waals surface area contributed by atoms with Crippen molar-refractivity contribution in [3.05, 3.63) is 45.6 Å². The zero-order valence-corrected chi connectivity index (χ0v) is 22.3. The lowest BCUT2D eigenvalue weighted by molar-refractivity contribution is 0.0199. The van der Waals surface area contributed by atoms with E-state index in [0.29, 0.717) is 19.0 Å². The number of fused-ring (bicyclic) bond motifs is 1. The van der Waals surface area contributed by atoms with Crippen LogP contribution in [0.4, 0.5) is 19.5 Å². The van der Waals surface area contributed by atoms with E-state index in [-0.39, 0.29) is 27.3 Å². The standard InChI is InChI=1S/C27H32F2N4O3S/c1-5-16-6-7-19-18(12-16)30-24(31-23(34)21-9-8-20(37-21)22(28)29)33(19)17-13-27(14-17)10-11-32(15-27)25(35)36-26(2,3)4/h6-9,12,17,22H,5,10-11,13-15H2,1-4H3,(H,30,31,34). The Balaban J connectivity index is 1.37. The number of ether oxygens (including phenoxy) is 1. The molecule has 10 heteroatoms. The van der Waals surface area contributed by atoms with Gasteiger partial charge in [-0.2, -0.15) is 0 Å². The highest BCUT2D eigenvalue weighted by molar-refractivity contribution is 7.14. The maximum atomic E-state index is 13.0. The van der Waals surface area contributed by atoms with Gasteiger partial charge in [0, 0.05) is 19.1 Å². The van der Waals surface area contributed by atoms with Crippen LogP contribution in [0.3, 0.4) is 0 Å². The molecule has 1 saturated heterocycles. The second kappa shape index (κ2) is 9.38. The molecule has 1 aliphatic heterocycles. The van der Waals surface area contributed by atoms with Crippen LogP contribution in [0.2, 0.25) is 0 Å². The lowest BCUT2D eigenvalue weighted by Gasteiger charge is -2.46. The number of benzene rings is 1. The maximum Gasteiger partial charge on any atom is 0.410 e. The number of nitrogens with zero attached hydrogens (tertiary/aromatic N) is 3. The van der Waals surface area contributed by atoms with Crippen LogP contribution in [0.25, 0.3) is 11.0 Å². The summed E-state index contributed by atoms with van der Waals surface area (Å²) in [6.07, 6.45) is 0.586. The Morgan fingerprint density at radius 1 is 1.24 bits per heavy atom. The predicted octanol–water partition coefficient (Wildman–Crippen LogP) is 6.81. The molecule has 5 rings (SSSR count). The van der Waals surface area contributed by atoms with Gasteiger partial charge in [-0.15, -0.1) is 11.3 Å². The first-order chi connectivity index (χ1) is 17.5. The number of carbonyl (C=O) groups excluding carboxylic acids is 2. The Morgan fingerprint density at radius 2 is 2.00 bits per heavy atom. The Bertz CT molecular complexity index is 1340. The van der Waals surface area contributed by atoms with Crippen molar-refractivity contribution in [2.75, 3.05) is 18.4 Å². The van der Waals surface area contributed by atoms with Crippen molar-refractivity contribution >= 4 is 40.3 Å². The van der Waals surface area contributed by atoms with E-state index in [9.17, 15) is 18.4 Å². The minimum absolute atomic E-state index is 0.0166. The SMILES string of the molecule is CCc1ccc2c(c1)nc(NC(=O)c1ccc(C(F)F)s1)n2C1CC2(CCN(C(=O)OC(C)(C)C)C2)C1. The van der Waals surface area contributed by atoms with Crippen molar-refractivity contribution in [3.8, 4) is 0 Å². The highest BCUT2D eigenvalue weighted by atomic mass is 32.1. The van der Waals surface area contributed by atoms with Crippen LogP contribution in [-0.2, 0) is 11.2 Å². The van der Waals surface area contributed by atoms with Crippen LogP contribution in [-0.4, -0.2) is 45.1 Å². The summed E-state index contributed by atoms with van der Waals surface area (Å²) in [4.78, 5) is 32.1. The third-order valence-electron chi connectivity index (χ3n) is 7.25. The number of hydrogen-bond acceptors (Lipinski definition) is 5. The molecular weight excluding hydrogens is 498 g/mol.